The van der Waals surface area contributed by atoms with Crippen molar-refractivity contribution in [3.8, 4) is 0 Å². The lowest BCUT2D eigenvalue weighted by atomic mass is 10.2. The van der Waals surface area contributed by atoms with Crippen LogP contribution >= 0.6 is 24.2 Å². The molecule has 0 saturated heterocycles. The smallest absolute Gasteiger partial charge is 0.0446 e. The van der Waals surface area contributed by atoms with Crippen molar-refractivity contribution in [2.24, 2.45) is 0 Å². The van der Waals surface area contributed by atoms with E-state index in [1.54, 1.807) is 0 Å². The highest BCUT2D eigenvalue weighted by Gasteiger charge is 1.94. The van der Waals surface area contributed by atoms with Gasteiger partial charge in [0.2, 0.25) is 0 Å². The number of rotatable bonds is 0. The van der Waals surface area contributed by atoms with Gasteiger partial charge in [0.15, 0.2) is 0 Å². The molecule has 0 aliphatic rings. The normalized spacial score (nSPS) is 9.67. The standard InChI is InChI=1S/C7H7ClS/c1-5-6(8)3-2-4-7(5)9/h2-4,9H,1H3. The summed E-state index contributed by atoms with van der Waals surface area (Å²) in [6.07, 6.45) is 0. The Balaban J connectivity index is 3.25. The van der Waals surface area contributed by atoms with Gasteiger partial charge in [0, 0.05) is 9.92 Å². The van der Waals surface area contributed by atoms with Gasteiger partial charge in [-0.25, -0.2) is 0 Å². The van der Waals surface area contributed by atoms with Gasteiger partial charge in [-0.3, -0.25) is 0 Å². The van der Waals surface area contributed by atoms with E-state index in [1.807, 2.05) is 25.1 Å². The maximum Gasteiger partial charge on any atom is 0.0446 e. The van der Waals surface area contributed by atoms with Crippen LogP contribution in [0, 0.1) is 6.92 Å². The summed E-state index contributed by atoms with van der Waals surface area (Å²) in [5.41, 5.74) is 1.04. The van der Waals surface area contributed by atoms with Crippen molar-refractivity contribution in [1.82, 2.24) is 0 Å². The first-order valence-electron chi connectivity index (χ1n) is 2.66. The zero-order chi connectivity index (χ0) is 6.85. The van der Waals surface area contributed by atoms with Crippen LogP contribution in [0.3, 0.4) is 0 Å². The van der Waals surface area contributed by atoms with Gasteiger partial charge in [0.1, 0.15) is 0 Å². The second-order valence-corrected chi connectivity index (χ2v) is 2.77. The molecule has 2 heteroatoms. The Morgan fingerprint density at radius 3 is 2.56 bits per heavy atom. The summed E-state index contributed by atoms with van der Waals surface area (Å²) < 4.78 is 0. The average Bonchev–Trinajstić information content (AvgIpc) is 1.83. The lowest BCUT2D eigenvalue weighted by molar-refractivity contribution is 1.31. The number of thiol groups is 1. The molecule has 0 heterocycles. The molecule has 0 N–H and O–H groups in total. The molecule has 48 valence electrons. The molecule has 0 fully saturated rings. The lowest BCUT2D eigenvalue weighted by Crippen LogP contribution is -1.75. The summed E-state index contributed by atoms with van der Waals surface area (Å²) >= 11 is 9.95. The maximum atomic E-state index is 5.77. The quantitative estimate of drug-likeness (QED) is 0.552. The predicted octanol–water partition coefficient (Wildman–Crippen LogP) is 2.94. The predicted molar refractivity (Wildman–Crippen MR) is 43.4 cm³/mol. The molecule has 0 spiro atoms. The van der Waals surface area contributed by atoms with Crippen LogP contribution in [0.2, 0.25) is 5.02 Å². The molecular formula is C7H7ClS. The van der Waals surface area contributed by atoms with Crippen LogP contribution in [-0.2, 0) is 0 Å². The third-order valence-electron chi connectivity index (χ3n) is 1.24. The van der Waals surface area contributed by atoms with Crippen molar-refractivity contribution < 1.29 is 0 Å². The molecule has 0 amide bonds. The molecule has 0 radical (unpaired) electrons. The molecular weight excluding hydrogens is 152 g/mol. The van der Waals surface area contributed by atoms with Crippen molar-refractivity contribution in [2.75, 3.05) is 0 Å². The van der Waals surface area contributed by atoms with Gasteiger partial charge in [0.25, 0.3) is 0 Å². The Labute approximate surface area is 65.3 Å². The summed E-state index contributed by atoms with van der Waals surface area (Å²) in [6.45, 7) is 1.95. The van der Waals surface area contributed by atoms with E-state index < -0.39 is 0 Å². The van der Waals surface area contributed by atoms with Crippen molar-refractivity contribution in [3.63, 3.8) is 0 Å². The Kier molecular flexibility index (Phi) is 2.04. The first-order chi connectivity index (χ1) is 4.22. The van der Waals surface area contributed by atoms with Gasteiger partial charge < -0.3 is 0 Å². The summed E-state index contributed by atoms with van der Waals surface area (Å²) in [7, 11) is 0. The Morgan fingerprint density at radius 1 is 1.44 bits per heavy atom. The van der Waals surface area contributed by atoms with Gasteiger partial charge in [-0.2, -0.15) is 0 Å². The highest BCUT2D eigenvalue weighted by atomic mass is 35.5. The Hall–Kier alpha value is -0.140. The topological polar surface area (TPSA) is 0 Å². The van der Waals surface area contributed by atoms with E-state index in [1.165, 1.54) is 0 Å². The largest absolute Gasteiger partial charge is 0.143 e. The van der Waals surface area contributed by atoms with Crippen molar-refractivity contribution in [3.05, 3.63) is 28.8 Å². The highest BCUT2D eigenvalue weighted by molar-refractivity contribution is 7.80. The molecule has 0 nitrogen and oxygen atoms in total. The van der Waals surface area contributed by atoms with Crippen LogP contribution in [0.4, 0.5) is 0 Å². The first-order valence-corrected chi connectivity index (χ1v) is 3.48. The molecule has 1 aromatic rings. The van der Waals surface area contributed by atoms with Crippen LogP contribution < -0.4 is 0 Å². The molecule has 1 rings (SSSR count). The Bertz CT molecular complexity index is 200. The molecule has 0 aliphatic heterocycles. The molecule has 0 aliphatic carbocycles. The highest BCUT2D eigenvalue weighted by Crippen LogP contribution is 2.20. The molecule has 0 aromatic heterocycles. The van der Waals surface area contributed by atoms with Crippen LogP contribution in [0.25, 0.3) is 0 Å². The molecule has 0 unspecified atom stereocenters. The van der Waals surface area contributed by atoms with E-state index in [-0.39, 0.29) is 0 Å². The third-order valence-corrected chi connectivity index (χ3v) is 2.13. The second kappa shape index (κ2) is 2.63. The van der Waals surface area contributed by atoms with Gasteiger partial charge in [0.05, 0.1) is 0 Å². The monoisotopic (exact) mass is 158 g/mol. The minimum Gasteiger partial charge on any atom is -0.143 e. The molecule has 9 heavy (non-hydrogen) atoms. The van der Waals surface area contributed by atoms with E-state index >= 15 is 0 Å². The number of halogens is 1. The van der Waals surface area contributed by atoms with Crippen LogP contribution in [0.1, 0.15) is 5.56 Å². The fourth-order valence-electron chi connectivity index (χ4n) is 0.596. The zero-order valence-electron chi connectivity index (χ0n) is 5.06. The summed E-state index contributed by atoms with van der Waals surface area (Å²) in [5, 5.41) is 0.780. The molecule has 0 atom stereocenters. The van der Waals surface area contributed by atoms with E-state index in [2.05, 4.69) is 12.6 Å². The van der Waals surface area contributed by atoms with E-state index in [9.17, 15) is 0 Å². The van der Waals surface area contributed by atoms with Crippen molar-refractivity contribution in [2.45, 2.75) is 11.8 Å². The van der Waals surface area contributed by atoms with Crippen LogP contribution in [-0.4, -0.2) is 0 Å². The fraction of sp³-hybridized carbons (Fsp3) is 0.143. The third kappa shape index (κ3) is 1.41. The van der Waals surface area contributed by atoms with Gasteiger partial charge in [-0.1, -0.05) is 17.7 Å². The minimum absolute atomic E-state index is 0.780. The van der Waals surface area contributed by atoms with E-state index in [4.69, 9.17) is 11.6 Å². The number of hydrogen-bond donors (Lipinski definition) is 1. The van der Waals surface area contributed by atoms with Gasteiger partial charge >= 0.3 is 0 Å². The van der Waals surface area contributed by atoms with E-state index in [0.717, 1.165) is 15.5 Å². The summed E-state index contributed by atoms with van der Waals surface area (Å²) in [6, 6.07) is 5.67. The van der Waals surface area contributed by atoms with Gasteiger partial charge in [-0.15, -0.1) is 12.6 Å². The van der Waals surface area contributed by atoms with Crippen LogP contribution in [0.15, 0.2) is 23.1 Å². The second-order valence-electron chi connectivity index (χ2n) is 1.88. The van der Waals surface area contributed by atoms with Gasteiger partial charge in [-0.05, 0) is 24.6 Å². The average molecular weight is 159 g/mol. The van der Waals surface area contributed by atoms with Crippen molar-refractivity contribution in [1.29, 1.82) is 0 Å². The summed E-state index contributed by atoms with van der Waals surface area (Å²) in [5.74, 6) is 0. The number of benzene rings is 1. The maximum absolute atomic E-state index is 5.77. The fourth-order valence-corrected chi connectivity index (χ4v) is 1.04. The SMILES string of the molecule is Cc1c(S)cccc1Cl. The van der Waals surface area contributed by atoms with E-state index in [0.29, 0.717) is 0 Å². The molecule has 0 saturated carbocycles. The zero-order valence-corrected chi connectivity index (χ0v) is 6.71. The molecule has 0 bridgehead atoms. The molecule has 1 aromatic carbocycles. The minimum atomic E-state index is 0.780. The Morgan fingerprint density at radius 2 is 2.11 bits per heavy atom. The lowest BCUT2D eigenvalue weighted by Gasteiger charge is -1.97. The summed E-state index contributed by atoms with van der Waals surface area (Å²) in [4.78, 5) is 0.947. The van der Waals surface area contributed by atoms with Crippen molar-refractivity contribution >= 4 is 24.2 Å². The van der Waals surface area contributed by atoms with Crippen LogP contribution in [0.5, 0.6) is 0 Å². The first kappa shape index (κ1) is 6.97. The number of hydrogen-bond acceptors (Lipinski definition) is 1.